The Bertz CT molecular complexity index is 511. The molecule has 0 aromatic heterocycles. The fourth-order valence-electron chi connectivity index (χ4n) is 2.61. The first-order valence-corrected chi connectivity index (χ1v) is 7.42. The van der Waals surface area contributed by atoms with Crippen molar-refractivity contribution in [2.45, 2.75) is 35.5 Å². The topological polar surface area (TPSA) is 38.3 Å². The Labute approximate surface area is 133 Å². The van der Waals surface area contributed by atoms with Gasteiger partial charge in [-0.05, 0) is 23.0 Å². The zero-order valence-corrected chi connectivity index (χ0v) is 13.5. The lowest BCUT2D eigenvalue weighted by Crippen LogP contribution is -2.31. The first-order chi connectivity index (χ1) is 9.19. The van der Waals surface area contributed by atoms with Gasteiger partial charge < -0.3 is 10.1 Å². The SMILES string of the molecule is CC1(C)CC(NC(=O)OCC(Cl)(Cl)Cl)c2ccccc21. The summed E-state index contributed by atoms with van der Waals surface area (Å²) in [6.45, 7) is 4.03. The fraction of sp³-hybridized carbons (Fsp3) is 0.500. The summed E-state index contributed by atoms with van der Waals surface area (Å²) in [5.41, 5.74) is 2.37. The first kappa shape index (κ1) is 15.7. The summed E-state index contributed by atoms with van der Waals surface area (Å²) in [4.78, 5) is 11.8. The van der Waals surface area contributed by atoms with Crippen molar-refractivity contribution in [1.29, 1.82) is 0 Å². The molecule has 0 bridgehead atoms. The van der Waals surface area contributed by atoms with Crippen molar-refractivity contribution in [2.24, 2.45) is 0 Å². The van der Waals surface area contributed by atoms with Crippen molar-refractivity contribution in [3.63, 3.8) is 0 Å². The van der Waals surface area contributed by atoms with Crippen molar-refractivity contribution in [2.75, 3.05) is 6.61 Å². The van der Waals surface area contributed by atoms with E-state index in [0.29, 0.717) is 0 Å². The highest BCUT2D eigenvalue weighted by Crippen LogP contribution is 2.44. The van der Waals surface area contributed by atoms with E-state index in [1.807, 2.05) is 18.2 Å². The van der Waals surface area contributed by atoms with Crippen molar-refractivity contribution >= 4 is 40.9 Å². The minimum absolute atomic E-state index is 0.0176. The lowest BCUT2D eigenvalue weighted by Gasteiger charge is -2.19. The molecule has 1 N–H and O–H groups in total. The van der Waals surface area contributed by atoms with Gasteiger partial charge in [0.25, 0.3) is 0 Å². The molecule has 1 aromatic rings. The summed E-state index contributed by atoms with van der Waals surface area (Å²) in [6.07, 6.45) is 0.240. The number of alkyl halides is 3. The maximum Gasteiger partial charge on any atom is 0.407 e. The Morgan fingerprint density at radius 1 is 1.40 bits per heavy atom. The van der Waals surface area contributed by atoms with Gasteiger partial charge in [0.1, 0.15) is 6.61 Å². The molecular formula is C14H16Cl3NO2. The molecule has 0 radical (unpaired) electrons. The number of amides is 1. The summed E-state index contributed by atoms with van der Waals surface area (Å²) < 4.78 is 3.31. The van der Waals surface area contributed by atoms with E-state index in [0.717, 1.165) is 12.0 Å². The quantitative estimate of drug-likeness (QED) is 0.807. The fourth-order valence-corrected chi connectivity index (χ4v) is 2.77. The predicted molar refractivity (Wildman–Crippen MR) is 81.6 cm³/mol. The zero-order chi connectivity index (χ0) is 15.0. The van der Waals surface area contributed by atoms with Gasteiger partial charge in [-0.2, -0.15) is 0 Å². The van der Waals surface area contributed by atoms with Gasteiger partial charge in [-0.3, -0.25) is 0 Å². The zero-order valence-electron chi connectivity index (χ0n) is 11.3. The Balaban J connectivity index is 2.03. The molecular weight excluding hydrogens is 321 g/mol. The van der Waals surface area contributed by atoms with Crippen LogP contribution in [0.25, 0.3) is 0 Å². The first-order valence-electron chi connectivity index (χ1n) is 6.28. The molecule has 6 heteroatoms. The molecule has 1 aromatic carbocycles. The third kappa shape index (κ3) is 3.72. The second-order valence-electron chi connectivity index (χ2n) is 5.56. The number of rotatable bonds is 2. The van der Waals surface area contributed by atoms with Gasteiger partial charge in [-0.1, -0.05) is 72.9 Å². The third-order valence-electron chi connectivity index (χ3n) is 3.44. The standard InChI is InChI=1S/C14H16Cl3NO2/c1-13(2)7-11(9-5-3-4-6-10(9)13)18-12(19)20-8-14(15,16)17/h3-6,11H,7-8H2,1-2H3,(H,18,19). The van der Waals surface area contributed by atoms with Crippen LogP contribution in [0.5, 0.6) is 0 Å². The number of nitrogens with one attached hydrogen (secondary N) is 1. The Kier molecular flexibility index (Phi) is 4.43. The van der Waals surface area contributed by atoms with Crippen LogP contribution in [0.15, 0.2) is 24.3 Å². The lowest BCUT2D eigenvalue weighted by atomic mass is 9.86. The van der Waals surface area contributed by atoms with E-state index in [-0.39, 0.29) is 18.1 Å². The maximum absolute atomic E-state index is 11.8. The number of carbonyl (C=O) groups excluding carboxylic acids is 1. The van der Waals surface area contributed by atoms with Crippen LogP contribution >= 0.6 is 34.8 Å². The molecule has 3 nitrogen and oxygen atoms in total. The maximum atomic E-state index is 11.8. The molecule has 20 heavy (non-hydrogen) atoms. The number of ether oxygens (including phenoxy) is 1. The second-order valence-corrected chi connectivity index (χ2v) is 8.08. The number of alkyl carbamates (subject to hydrolysis) is 1. The molecule has 0 saturated carbocycles. The van der Waals surface area contributed by atoms with E-state index in [9.17, 15) is 4.79 Å². The molecule has 0 heterocycles. The number of hydrogen-bond donors (Lipinski definition) is 1. The minimum atomic E-state index is -1.59. The van der Waals surface area contributed by atoms with Crippen molar-refractivity contribution in [1.82, 2.24) is 5.32 Å². The van der Waals surface area contributed by atoms with E-state index in [2.05, 4.69) is 25.2 Å². The van der Waals surface area contributed by atoms with Gasteiger partial charge in [0.2, 0.25) is 3.79 Å². The largest absolute Gasteiger partial charge is 0.445 e. The number of hydrogen-bond acceptors (Lipinski definition) is 2. The van der Waals surface area contributed by atoms with Crippen LogP contribution in [0.3, 0.4) is 0 Å². The number of carbonyl (C=O) groups is 1. The summed E-state index contributed by atoms with van der Waals surface area (Å²) in [6, 6.07) is 7.99. The molecule has 1 atom stereocenters. The molecule has 0 spiro atoms. The molecule has 0 saturated heterocycles. The van der Waals surface area contributed by atoms with Crippen molar-refractivity contribution in [3.8, 4) is 0 Å². The highest BCUT2D eigenvalue weighted by atomic mass is 35.6. The smallest absolute Gasteiger partial charge is 0.407 e. The van der Waals surface area contributed by atoms with E-state index >= 15 is 0 Å². The van der Waals surface area contributed by atoms with Gasteiger partial charge in [0.15, 0.2) is 0 Å². The lowest BCUT2D eigenvalue weighted by molar-refractivity contribution is 0.143. The van der Waals surface area contributed by atoms with E-state index in [4.69, 9.17) is 39.5 Å². The van der Waals surface area contributed by atoms with E-state index < -0.39 is 9.89 Å². The molecule has 0 aliphatic heterocycles. The van der Waals surface area contributed by atoms with Crippen molar-refractivity contribution in [3.05, 3.63) is 35.4 Å². The Morgan fingerprint density at radius 3 is 2.70 bits per heavy atom. The Hall–Kier alpha value is -0.640. The van der Waals surface area contributed by atoms with Crippen LogP contribution in [-0.4, -0.2) is 16.5 Å². The van der Waals surface area contributed by atoms with E-state index in [1.54, 1.807) is 0 Å². The monoisotopic (exact) mass is 335 g/mol. The Morgan fingerprint density at radius 2 is 2.05 bits per heavy atom. The van der Waals surface area contributed by atoms with Crippen molar-refractivity contribution < 1.29 is 9.53 Å². The van der Waals surface area contributed by atoms with Crippen LogP contribution in [0, 0.1) is 0 Å². The number of benzene rings is 1. The molecule has 1 amide bonds. The van der Waals surface area contributed by atoms with Gasteiger partial charge in [-0.15, -0.1) is 0 Å². The van der Waals surface area contributed by atoms with Crippen LogP contribution in [0.4, 0.5) is 4.79 Å². The molecule has 1 unspecified atom stereocenters. The van der Waals surface area contributed by atoms with Gasteiger partial charge in [0.05, 0.1) is 6.04 Å². The molecule has 1 aliphatic rings. The average Bonchev–Trinajstić information content (AvgIpc) is 2.59. The molecule has 0 fully saturated rings. The summed E-state index contributed by atoms with van der Waals surface area (Å²) in [5, 5.41) is 2.83. The van der Waals surface area contributed by atoms with Crippen LogP contribution in [0.2, 0.25) is 0 Å². The number of fused-ring (bicyclic) bond motifs is 1. The van der Waals surface area contributed by atoms with Gasteiger partial charge in [-0.25, -0.2) is 4.79 Å². The summed E-state index contributed by atoms with van der Waals surface area (Å²) in [7, 11) is 0. The average molecular weight is 337 g/mol. The molecule has 2 rings (SSSR count). The van der Waals surface area contributed by atoms with Gasteiger partial charge >= 0.3 is 6.09 Å². The van der Waals surface area contributed by atoms with Crippen LogP contribution < -0.4 is 5.32 Å². The normalized spacial score (nSPS) is 20.4. The van der Waals surface area contributed by atoms with Gasteiger partial charge in [0, 0.05) is 0 Å². The highest BCUT2D eigenvalue weighted by molar-refractivity contribution is 6.67. The number of halogens is 3. The summed E-state index contributed by atoms with van der Waals surface area (Å²) >= 11 is 16.6. The van der Waals surface area contributed by atoms with Crippen LogP contribution in [0.1, 0.15) is 37.4 Å². The molecule has 1 aliphatic carbocycles. The van der Waals surface area contributed by atoms with E-state index in [1.165, 1.54) is 5.56 Å². The minimum Gasteiger partial charge on any atom is -0.445 e. The third-order valence-corrected chi connectivity index (χ3v) is 3.77. The second kappa shape index (κ2) is 5.63. The summed E-state index contributed by atoms with van der Waals surface area (Å²) in [5.74, 6) is 0. The van der Waals surface area contributed by atoms with Crippen LogP contribution in [-0.2, 0) is 10.2 Å². The predicted octanol–water partition coefficient (Wildman–Crippen LogP) is 4.51. The highest BCUT2D eigenvalue weighted by Gasteiger charge is 2.37. The molecule has 110 valence electrons.